The summed E-state index contributed by atoms with van der Waals surface area (Å²) in [5.41, 5.74) is 0.0134. The summed E-state index contributed by atoms with van der Waals surface area (Å²) in [6, 6.07) is 0. The van der Waals surface area contributed by atoms with Crippen molar-refractivity contribution in [2.24, 2.45) is 0 Å². The molecule has 0 aromatic rings. The zero-order valence-corrected chi connectivity index (χ0v) is 19.1. The molecule has 2 heterocycles. The molecule has 7 nitrogen and oxygen atoms in total. The lowest BCUT2D eigenvalue weighted by Crippen LogP contribution is -2.55. The minimum atomic E-state index is -3.22. The number of halogens is 2. The molecule has 2 aliphatic heterocycles. The van der Waals surface area contributed by atoms with E-state index in [1.807, 2.05) is 4.67 Å². The zero-order chi connectivity index (χ0) is 19.9. The maximum atomic E-state index is 13.9. The molecule has 0 aromatic carbocycles. The van der Waals surface area contributed by atoms with Crippen LogP contribution in [-0.2, 0) is 18.6 Å². The first-order valence-electron chi connectivity index (χ1n) is 9.69. The maximum Gasteiger partial charge on any atom is 0.346 e. The number of hydrogen-bond acceptors (Lipinski definition) is 5. The molecule has 2 fully saturated rings. The van der Waals surface area contributed by atoms with Crippen LogP contribution in [0.4, 0.5) is 0 Å². The van der Waals surface area contributed by atoms with Gasteiger partial charge in [0.05, 0.1) is 25.9 Å². The smallest absolute Gasteiger partial charge is 0.346 e. The van der Waals surface area contributed by atoms with Crippen LogP contribution in [0.2, 0.25) is 0 Å². The van der Waals surface area contributed by atoms with Crippen molar-refractivity contribution in [2.75, 3.05) is 57.8 Å². The minimum absolute atomic E-state index is 0.0134. The Morgan fingerprint density at radius 1 is 1.26 bits per heavy atom. The second-order valence-corrected chi connectivity index (χ2v) is 10.8. The largest absolute Gasteiger partial charge is 0.379 e. The van der Waals surface area contributed by atoms with E-state index in [-0.39, 0.29) is 17.9 Å². The molecule has 0 spiro atoms. The van der Waals surface area contributed by atoms with Gasteiger partial charge in [0.2, 0.25) is 0 Å². The van der Waals surface area contributed by atoms with Gasteiger partial charge in [-0.05, 0) is 27.2 Å². The third kappa shape index (κ3) is 7.09. The fourth-order valence-corrected chi connectivity index (χ4v) is 6.75. The third-order valence-corrected chi connectivity index (χ3v) is 7.86. The Kier molecular flexibility index (Phi) is 9.80. The van der Waals surface area contributed by atoms with Crippen LogP contribution in [0.5, 0.6) is 0 Å². The van der Waals surface area contributed by atoms with Gasteiger partial charge in [0.1, 0.15) is 6.23 Å². The van der Waals surface area contributed by atoms with E-state index in [0.29, 0.717) is 64.2 Å². The Hall–Kier alpha value is 0.570. The molecule has 2 aliphatic rings. The second kappa shape index (κ2) is 11.1. The molecule has 3 atom stereocenters. The van der Waals surface area contributed by atoms with Gasteiger partial charge in [-0.2, -0.15) is 0 Å². The van der Waals surface area contributed by atoms with Gasteiger partial charge < -0.3 is 14.0 Å². The summed E-state index contributed by atoms with van der Waals surface area (Å²) in [4.78, 5) is 0. The molecule has 0 radical (unpaired) electrons. The highest BCUT2D eigenvalue weighted by Crippen LogP contribution is 2.54. The van der Waals surface area contributed by atoms with Crippen molar-refractivity contribution >= 4 is 30.9 Å². The van der Waals surface area contributed by atoms with Crippen molar-refractivity contribution < 1.29 is 18.6 Å². The molecule has 2 rings (SSSR count). The van der Waals surface area contributed by atoms with E-state index in [1.54, 1.807) is 4.67 Å². The fraction of sp³-hybridized carbons (Fsp3) is 1.00. The van der Waals surface area contributed by atoms with E-state index in [2.05, 4.69) is 26.1 Å². The molecular formula is C17H34Cl2N3O4P. The number of nitrogens with zero attached hydrogens (tertiary/aromatic N) is 2. The lowest BCUT2D eigenvalue weighted by atomic mass is 9.95. The molecule has 27 heavy (non-hydrogen) atoms. The van der Waals surface area contributed by atoms with Crippen molar-refractivity contribution in [3.8, 4) is 0 Å². The summed E-state index contributed by atoms with van der Waals surface area (Å²) in [5.74, 6) is 0.737. The molecule has 0 aromatic heterocycles. The lowest BCUT2D eigenvalue weighted by Gasteiger charge is -2.42. The molecular weight excluding hydrogens is 412 g/mol. The van der Waals surface area contributed by atoms with Crippen molar-refractivity contribution in [3.63, 3.8) is 0 Å². The van der Waals surface area contributed by atoms with Gasteiger partial charge in [0, 0.05) is 49.9 Å². The Labute approximate surface area is 173 Å². The van der Waals surface area contributed by atoms with Gasteiger partial charge in [-0.15, -0.1) is 23.2 Å². The highest BCUT2D eigenvalue weighted by Gasteiger charge is 2.40. The molecule has 1 N–H and O–H groups in total. The Balaban J connectivity index is 2.01. The Bertz CT molecular complexity index is 489. The van der Waals surface area contributed by atoms with Crippen LogP contribution >= 0.6 is 30.9 Å². The third-order valence-electron chi connectivity index (χ3n) is 4.77. The minimum Gasteiger partial charge on any atom is -0.379 e. The topological polar surface area (TPSA) is 63.3 Å². The highest BCUT2D eigenvalue weighted by atomic mass is 35.5. The maximum absolute atomic E-state index is 13.9. The first kappa shape index (κ1) is 23.8. The summed E-state index contributed by atoms with van der Waals surface area (Å²) in [5, 5.41) is 3.49. The fourth-order valence-electron chi connectivity index (χ4n) is 3.70. The van der Waals surface area contributed by atoms with E-state index in [1.165, 1.54) is 0 Å². The standard InChI is InChI=1S/C17H34Cl2N3O4P/c1-15-14-17(2,3)20-16(26-15)4-11-25-27(23,21(7-5-18)8-6-19)22-9-12-24-13-10-22/h15-16,20H,4-14H2,1-3H3. The Morgan fingerprint density at radius 2 is 1.89 bits per heavy atom. The molecule has 3 unspecified atom stereocenters. The van der Waals surface area contributed by atoms with Crippen LogP contribution in [-0.4, -0.2) is 85.0 Å². The first-order valence-corrected chi connectivity index (χ1v) is 12.3. The quantitative estimate of drug-likeness (QED) is 0.409. The lowest BCUT2D eigenvalue weighted by molar-refractivity contribution is -0.0938. The molecule has 0 saturated carbocycles. The van der Waals surface area contributed by atoms with Gasteiger partial charge in [-0.1, -0.05) is 0 Å². The van der Waals surface area contributed by atoms with Gasteiger partial charge >= 0.3 is 7.67 Å². The number of ether oxygens (including phenoxy) is 2. The number of hydrogen-bond donors (Lipinski definition) is 1. The van der Waals surface area contributed by atoms with Crippen LogP contribution < -0.4 is 5.32 Å². The van der Waals surface area contributed by atoms with Crippen molar-refractivity contribution in [1.29, 1.82) is 0 Å². The normalized spacial score (nSPS) is 29.0. The van der Waals surface area contributed by atoms with Crippen LogP contribution in [0.25, 0.3) is 0 Å². The van der Waals surface area contributed by atoms with Gasteiger partial charge in [0.25, 0.3) is 0 Å². The van der Waals surface area contributed by atoms with Gasteiger partial charge in [-0.3, -0.25) is 9.88 Å². The highest BCUT2D eigenvalue weighted by molar-refractivity contribution is 7.54. The van der Waals surface area contributed by atoms with Gasteiger partial charge in [-0.25, -0.2) is 9.34 Å². The number of rotatable bonds is 10. The predicted octanol–water partition coefficient (Wildman–Crippen LogP) is 3.12. The summed E-state index contributed by atoms with van der Waals surface area (Å²) < 4.78 is 35.0. The molecule has 160 valence electrons. The van der Waals surface area contributed by atoms with E-state index in [4.69, 9.17) is 37.2 Å². The number of nitrogens with one attached hydrogen (secondary N) is 1. The summed E-state index contributed by atoms with van der Waals surface area (Å²) in [6.45, 7) is 9.90. The zero-order valence-electron chi connectivity index (χ0n) is 16.7. The summed E-state index contributed by atoms with van der Waals surface area (Å²) >= 11 is 11.9. The number of alkyl halides is 2. The molecule has 0 amide bonds. The number of morpholine rings is 1. The van der Waals surface area contributed by atoms with Crippen LogP contribution in [0.15, 0.2) is 0 Å². The van der Waals surface area contributed by atoms with Crippen LogP contribution in [0.3, 0.4) is 0 Å². The average molecular weight is 446 g/mol. The van der Waals surface area contributed by atoms with Crippen LogP contribution in [0.1, 0.15) is 33.6 Å². The summed E-state index contributed by atoms with van der Waals surface area (Å²) in [7, 11) is -3.22. The Morgan fingerprint density at radius 3 is 2.44 bits per heavy atom. The summed E-state index contributed by atoms with van der Waals surface area (Å²) in [6.07, 6.45) is 1.64. The van der Waals surface area contributed by atoms with Crippen molar-refractivity contribution in [2.45, 2.75) is 51.5 Å². The first-order chi connectivity index (χ1) is 12.8. The predicted molar refractivity (Wildman–Crippen MR) is 110 cm³/mol. The van der Waals surface area contributed by atoms with E-state index >= 15 is 0 Å². The molecule has 0 aliphatic carbocycles. The monoisotopic (exact) mass is 445 g/mol. The SMILES string of the molecule is CC1CC(C)(C)NC(CCOP(=O)(N(CCCl)CCCl)N2CCOCC2)O1. The average Bonchev–Trinajstić information content (AvgIpc) is 2.60. The second-order valence-electron chi connectivity index (χ2n) is 7.68. The van der Waals surface area contributed by atoms with E-state index in [0.717, 1.165) is 6.42 Å². The van der Waals surface area contributed by atoms with Gasteiger partial charge in [0.15, 0.2) is 0 Å². The van der Waals surface area contributed by atoms with E-state index in [9.17, 15) is 4.57 Å². The van der Waals surface area contributed by atoms with Crippen molar-refractivity contribution in [3.05, 3.63) is 0 Å². The molecule has 10 heteroatoms. The van der Waals surface area contributed by atoms with Crippen LogP contribution in [0, 0.1) is 0 Å². The molecule has 2 saturated heterocycles. The van der Waals surface area contributed by atoms with Crippen molar-refractivity contribution in [1.82, 2.24) is 14.7 Å². The molecule has 0 bridgehead atoms. The van der Waals surface area contributed by atoms with E-state index < -0.39 is 7.67 Å².